The van der Waals surface area contributed by atoms with E-state index in [4.69, 9.17) is 4.42 Å². The van der Waals surface area contributed by atoms with E-state index in [-0.39, 0.29) is 11.5 Å². The molecule has 3 aromatic rings. The molecule has 8 heteroatoms. The van der Waals surface area contributed by atoms with Gasteiger partial charge in [0.25, 0.3) is 5.91 Å². The maximum absolute atomic E-state index is 13.2. The van der Waals surface area contributed by atoms with Gasteiger partial charge in [-0.25, -0.2) is 9.18 Å². The van der Waals surface area contributed by atoms with Gasteiger partial charge in [0.05, 0.1) is 22.5 Å². The predicted octanol–water partition coefficient (Wildman–Crippen LogP) is 5.35. The number of benzene rings is 2. The zero-order valence-electron chi connectivity index (χ0n) is 15.6. The second kappa shape index (κ2) is 7.72. The first-order chi connectivity index (χ1) is 14.3. The Balaban J connectivity index is 1.65. The number of hydrogen-bond acceptors (Lipinski definition) is 4. The van der Waals surface area contributed by atoms with Gasteiger partial charge >= 0.3 is 5.97 Å². The van der Waals surface area contributed by atoms with Gasteiger partial charge in [0, 0.05) is 10.0 Å². The summed E-state index contributed by atoms with van der Waals surface area (Å²) in [6, 6.07) is 13.6. The highest BCUT2D eigenvalue weighted by molar-refractivity contribution is 9.10. The maximum atomic E-state index is 13.2. The van der Waals surface area contributed by atoms with Gasteiger partial charge in [0.15, 0.2) is 0 Å². The lowest BCUT2D eigenvalue weighted by Gasteiger charge is -2.11. The number of rotatable bonds is 4. The number of halogens is 2. The Bertz CT molecular complexity index is 1230. The van der Waals surface area contributed by atoms with Crippen molar-refractivity contribution in [2.24, 2.45) is 5.10 Å². The number of furan rings is 1. The highest BCUT2D eigenvalue weighted by Crippen LogP contribution is 2.30. The van der Waals surface area contributed by atoms with Crippen LogP contribution in [0.2, 0.25) is 0 Å². The molecule has 1 aliphatic rings. The second-order valence-corrected chi connectivity index (χ2v) is 7.45. The van der Waals surface area contributed by atoms with E-state index in [2.05, 4.69) is 21.0 Å². The van der Waals surface area contributed by atoms with Crippen LogP contribution in [0.1, 0.15) is 23.0 Å². The Labute approximate surface area is 179 Å². The van der Waals surface area contributed by atoms with Gasteiger partial charge < -0.3 is 9.52 Å². The molecule has 2 heterocycles. The van der Waals surface area contributed by atoms with Crippen LogP contribution >= 0.6 is 15.9 Å². The average Bonchev–Trinajstić information content (AvgIpc) is 3.29. The first-order valence-electron chi connectivity index (χ1n) is 8.84. The fourth-order valence-electron chi connectivity index (χ4n) is 3.07. The molecule has 4 rings (SSSR count). The fourth-order valence-corrected chi connectivity index (χ4v) is 3.43. The molecule has 0 saturated carbocycles. The van der Waals surface area contributed by atoms with Gasteiger partial charge in [-0.2, -0.15) is 10.1 Å². The summed E-state index contributed by atoms with van der Waals surface area (Å²) in [7, 11) is 0. The monoisotopic (exact) mass is 468 g/mol. The van der Waals surface area contributed by atoms with Gasteiger partial charge in [-0.3, -0.25) is 4.79 Å². The van der Waals surface area contributed by atoms with Crippen molar-refractivity contribution in [3.63, 3.8) is 0 Å². The minimum absolute atomic E-state index is 0.0927. The van der Waals surface area contributed by atoms with Crippen molar-refractivity contribution in [2.75, 3.05) is 5.01 Å². The number of carbonyl (C=O) groups is 2. The molecule has 30 heavy (non-hydrogen) atoms. The van der Waals surface area contributed by atoms with Gasteiger partial charge in [0.1, 0.15) is 17.3 Å². The summed E-state index contributed by atoms with van der Waals surface area (Å²) in [4.78, 5) is 24.3. The molecule has 0 spiro atoms. The summed E-state index contributed by atoms with van der Waals surface area (Å²) in [5, 5.41) is 14.9. The molecule has 0 atom stereocenters. The SMILES string of the molecule is CC1=NN(c2ccc(F)cc2)C(=O)C1=Cc1ccc(-c2ccc(Br)cc2C(=O)O)o1. The maximum Gasteiger partial charge on any atom is 0.336 e. The first kappa shape index (κ1) is 19.8. The molecule has 1 aromatic heterocycles. The van der Waals surface area contributed by atoms with E-state index in [1.54, 1.807) is 37.3 Å². The normalized spacial score (nSPS) is 15.0. The number of carbonyl (C=O) groups excluding carboxylic acids is 1. The van der Waals surface area contributed by atoms with E-state index in [1.807, 2.05) is 0 Å². The molecule has 0 unspecified atom stereocenters. The lowest BCUT2D eigenvalue weighted by molar-refractivity contribution is -0.114. The Morgan fingerprint density at radius 2 is 1.90 bits per heavy atom. The van der Waals surface area contributed by atoms with Crippen LogP contribution in [0, 0.1) is 5.82 Å². The van der Waals surface area contributed by atoms with Crippen LogP contribution in [0.4, 0.5) is 10.1 Å². The van der Waals surface area contributed by atoms with Gasteiger partial charge in [-0.15, -0.1) is 0 Å². The van der Waals surface area contributed by atoms with Crippen LogP contribution < -0.4 is 5.01 Å². The van der Waals surface area contributed by atoms with Crippen molar-refractivity contribution in [3.8, 4) is 11.3 Å². The number of anilines is 1. The highest BCUT2D eigenvalue weighted by Gasteiger charge is 2.29. The van der Waals surface area contributed by atoms with E-state index in [9.17, 15) is 19.1 Å². The zero-order chi connectivity index (χ0) is 21.4. The van der Waals surface area contributed by atoms with E-state index >= 15 is 0 Å². The van der Waals surface area contributed by atoms with Crippen molar-refractivity contribution in [2.45, 2.75) is 6.92 Å². The van der Waals surface area contributed by atoms with E-state index < -0.39 is 11.8 Å². The fraction of sp³-hybridized carbons (Fsp3) is 0.0455. The average molecular weight is 469 g/mol. The number of carboxylic acid groups (broad SMARTS) is 1. The number of hydrogen-bond donors (Lipinski definition) is 1. The number of amides is 1. The molecule has 2 aromatic carbocycles. The van der Waals surface area contributed by atoms with Crippen LogP contribution in [0.3, 0.4) is 0 Å². The summed E-state index contributed by atoms with van der Waals surface area (Å²) in [5.74, 6) is -1.11. The smallest absolute Gasteiger partial charge is 0.336 e. The van der Waals surface area contributed by atoms with Crippen molar-refractivity contribution >= 4 is 45.3 Å². The van der Waals surface area contributed by atoms with Crippen molar-refractivity contribution in [1.29, 1.82) is 0 Å². The summed E-state index contributed by atoms with van der Waals surface area (Å²) in [6.45, 7) is 1.69. The first-order valence-corrected chi connectivity index (χ1v) is 9.63. The predicted molar refractivity (Wildman–Crippen MR) is 114 cm³/mol. The third-order valence-corrected chi connectivity index (χ3v) is 5.02. The van der Waals surface area contributed by atoms with Crippen LogP contribution in [-0.2, 0) is 4.79 Å². The van der Waals surface area contributed by atoms with E-state index in [1.165, 1.54) is 35.3 Å². The standard InChI is InChI=1S/C22H14BrFN2O4/c1-12-18(21(27)26(25-12)15-5-3-14(24)4-6-15)11-16-7-9-20(30-16)17-8-2-13(23)10-19(17)22(28)29/h2-11H,1H3,(H,28,29). The summed E-state index contributed by atoms with van der Waals surface area (Å²) in [5.41, 5.74) is 1.78. The van der Waals surface area contributed by atoms with E-state index in [0.717, 1.165) is 0 Å². The van der Waals surface area contributed by atoms with Gasteiger partial charge in [-0.05, 0) is 67.6 Å². The third-order valence-electron chi connectivity index (χ3n) is 4.52. The third kappa shape index (κ3) is 3.69. The van der Waals surface area contributed by atoms with Crippen molar-refractivity contribution in [3.05, 3.63) is 81.8 Å². The molecule has 1 N–H and O–H groups in total. The Kier molecular flexibility index (Phi) is 5.09. The quantitative estimate of drug-likeness (QED) is 0.522. The summed E-state index contributed by atoms with van der Waals surface area (Å²) < 4.78 is 19.6. The molecular weight excluding hydrogens is 455 g/mol. The molecule has 0 saturated heterocycles. The molecule has 0 aliphatic carbocycles. The number of nitrogens with zero attached hydrogens (tertiary/aromatic N) is 2. The minimum Gasteiger partial charge on any atom is -0.478 e. The molecule has 0 bridgehead atoms. The van der Waals surface area contributed by atoms with Crippen LogP contribution in [0.5, 0.6) is 0 Å². The van der Waals surface area contributed by atoms with E-state index in [0.29, 0.717) is 38.5 Å². The van der Waals surface area contributed by atoms with Gasteiger partial charge in [-0.1, -0.05) is 15.9 Å². The summed E-state index contributed by atoms with van der Waals surface area (Å²) >= 11 is 3.26. The van der Waals surface area contributed by atoms with Crippen LogP contribution in [0.15, 0.2) is 74.2 Å². The number of hydrazone groups is 1. The topological polar surface area (TPSA) is 83.1 Å². The number of carboxylic acids is 1. The Morgan fingerprint density at radius 3 is 2.60 bits per heavy atom. The lowest BCUT2D eigenvalue weighted by atomic mass is 10.1. The molecule has 1 aliphatic heterocycles. The second-order valence-electron chi connectivity index (χ2n) is 6.53. The molecule has 0 radical (unpaired) electrons. The molecule has 1 amide bonds. The lowest BCUT2D eigenvalue weighted by Crippen LogP contribution is -2.21. The summed E-state index contributed by atoms with van der Waals surface area (Å²) in [6.07, 6.45) is 1.55. The largest absolute Gasteiger partial charge is 0.478 e. The van der Waals surface area contributed by atoms with Crippen LogP contribution in [-0.4, -0.2) is 22.7 Å². The highest BCUT2D eigenvalue weighted by atomic mass is 79.9. The Morgan fingerprint density at radius 1 is 1.17 bits per heavy atom. The molecule has 6 nitrogen and oxygen atoms in total. The molecule has 150 valence electrons. The molecular formula is C22H14BrFN2O4. The van der Waals surface area contributed by atoms with Crippen molar-refractivity contribution in [1.82, 2.24) is 0 Å². The van der Waals surface area contributed by atoms with Crippen LogP contribution in [0.25, 0.3) is 17.4 Å². The minimum atomic E-state index is -1.08. The molecule has 0 fully saturated rings. The number of aromatic carboxylic acids is 1. The zero-order valence-corrected chi connectivity index (χ0v) is 17.2. The van der Waals surface area contributed by atoms with Gasteiger partial charge in [0.2, 0.25) is 0 Å². The Hall–Kier alpha value is -3.52. The van der Waals surface area contributed by atoms with Crippen molar-refractivity contribution < 1.29 is 23.5 Å².